The number of aromatic nitrogens is 1. The Labute approximate surface area is 98.0 Å². The van der Waals surface area contributed by atoms with E-state index in [9.17, 15) is 0 Å². The summed E-state index contributed by atoms with van der Waals surface area (Å²) in [6.45, 7) is 2.25. The quantitative estimate of drug-likeness (QED) is 0.821. The Morgan fingerprint density at radius 3 is 3.12 bits per heavy atom. The van der Waals surface area contributed by atoms with Gasteiger partial charge in [0.25, 0.3) is 0 Å². The molecule has 1 aliphatic rings. The molecule has 0 saturated carbocycles. The highest BCUT2D eigenvalue weighted by Gasteiger charge is 2.19. The Morgan fingerprint density at radius 2 is 2.38 bits per heavy atom. The highest BCUT2D eigenvalue weighted by molar-refractivity contribution is 8.00. The first-order chi connectivity index (χ1) is 7.74. The molecule has 2 heterocycles. The van der Waals surface area contributed by atoms with Crippen LogP contribution in [0.3, 0.4) is 0 Å². The predicted molar refractivity (Wildman–Crippen MR) is 65.4 cm³/mol. The molecule has 16 heavy (non-hydrogen) atoms. The Kier molecular flexibility index (Phi) is 2.17. The van der Waals surface area contributed by atoms with Crippen molar-refractivity contribution in [2.75, 3.05) is 5.73 Å². The van der Waals surface area contributed by atoms with Crippen molar-refractivity contribution in [3.05, 3.63) is 30.0 Å². The topological polar surface area (TPSA) is 52.0 Å². The SMILES string of the molecule is CC1Cc2cc(-c3cnoc3N)ccc2S1. The van der Waals surface area contributed by atoms with E-state index in [1.165, 1.54) is 10.5 Å². The van der Waals surface area contributed by atoms with Crippen LogP contribution in [0.1, 0.15) is 12.5 Å². The van der Waals surface area contributed by atoms with E-state index in [1.807, 2.05) is 11.8 Å². The molecule has 1 aromatic heterocycles. The van der Waals surface area contributed by atoms with E-state index in [2.05, 4.69) is 30.3 Å². The summed E-state index contributed by atoms with van der Waals surface area (Å²) in [5.74, 6) is 0.388. The van der Waals surface area contributed by atoms with Crippen LogP contribution < -0.4 is 5.73 Å². The van der Waals surface area contributed by atoms with E-state index in [1.54, 1.807) is 6.20 Å². The van der Waals surface area contributed by atoms with Gasteiger partial charge in [0.1, 0.15) is 0 Å². The molecule has 4 heteroatoms. The van der Waals surface area contributed by atoms with Crippen molar-refractivity contribution in [2.45, 2.75) is 23.5 Å². The van der Waals surface area contributed by atoms with Crippen molar-refractivity contribution in [3.63, 3.8) is 0 Å². The molecule has 1 unspecified atom stereocenters. The molecule has 0 bridgehead atoms. The number of nitrogen functional groups attached to an aromatic ring is 1. The average molecular weight is 232 g/mol. The Balaban J connectivity index is 2.06. The van der Waals surface area contributed by atoms with Crippen molar-refractivity contribution in [3.8, 4) is 11.1 Å². The monoisotopic (exact) mass is 232 g/mol. The van der Waals surface area contributed by atoms with Gasteiger partial charge in [0.2, 0.25) is 5.88 Å². The zero-order valence-electron chi connectivity index (χ0n) is 8.93. The van der Waals surface area contributed by atoms with Crippen LogP contribution in [0.5, 0.6) is 0 Å². The minimum absolute atomic E-state index is 0.388. The fourth-order valence-corrected chi connectivity index (χ4v) is 3.19. The molecule has 0 spiro atoms. The first-order valence-corrected chi connectivity index (χ1v) is 6.12. The second kappa shape index (κ2) is 3.56. The van der Waals surface area contributed by atoms with Crippen LogP contribution in [0.4, 0.5) is 5.88 Å². The lowest BCUT2D eigenvalue weighted by molar-refractivity contribution is 0.436. The van der Waals surface area contributed by atoms with E-state index in [0.29, 0.717) is 11.1 Å². The smallest absolute Gasteiger partial charge is 0.229 e. The van der Waals surface area contributed by atoms with Crippen molar-refractivity contribution >= 4 is 17.6 Å². The Hall–Kier alpha value is -1.42. The minimum atomic E-state index is 0.388. The van der Waals surface area contributed by atoms with Gasteiger partial charge in [-0.05, 0) is 29.7 Å². The molecular weight excluding hydrogens is 220 g/mol. The van der Waals surface area contributed by atoms with Crippen molar-refractivity contribution < 1.29 is 4.52 Å². The maximum Gasteiger partial charge on any atom is 0.229 e. The van der Waals surface area contributed by atoms with Crippen molar-refractivity contribution in [2.24, 2.45) is 0 Å². The van der Waals surface area contributed by atoms with E-state index in [4.69, 9.17) is 10.3 Å². The highest BCUT2D eigenvalue weighted by atomic mass is 32.2. The number of rotatable bonds is 1. The van der Waals surface area contributed by atoms with Gasteiger partial charge in [0.05, 0.1) is 11.8 Å². The van der Waals surface area contributed by atoms with E-state index < -0.39 is 0 Å². The third kappa shape index (κ3) is 1.50. The molecule has 82 valence electrons. The van der Waals surface area contributed by atoms with Crippen LogP contribution in [0, 0.1) is 0 Å². The molecule has 1 aromatic carbocycles. The molecule has 1 aliphatic heterocycles. The van der Waals surface area contributed by atoms with Crippen molar-refractivity contribution in [1.29, 1.82) is 0 Å². The Morgan fingerprint density at radius 1 is 1.50 bits per heavy atom. The number of hydrogen-bond donors (Lipinski definition) is 1. The second-order valence-corrected chi connectivity index (χ2v) is 5.54. The number of hydrogen-bond acceptors (Lipinski definition) is 4. The largest absolute Gasteiger partial charge is 0.367 e. The van der Waals surface area contributed by atoms with Gasteiger partial charge in [0.15, 0.2) is 0 Å². The van der Waals surface area contributed by atoms with Crippen LogP contribution in [0.15, 0.2) is 33.8 Å². The summed E-state index contributed by atoms with van der Waals surface area (Å²) in [7, 11) is 0. The van der Waals surface area contributed by atoms with Gasteiger partial charge in [-0.15, -0.1) is 11.8 Å². The van der Waals surface area contributed by atoms with Crippen LogP contribution in [-0.2, 0) is 6.42 Å². The van der Waals surface area contributed by atoms with Crippen LogP contribution in [0.25, 0.3) is 11.1 Å². The molecular formula is C12H12N2OS. The van der Waals surface area contributed by atoms with Crippen LogP contribution in [0.2, 0.25) is 0 Å². The Bertz CT molecular complexity index is 536. The normalized spacial score (nSPS) is 18.7. The number of thioether (sulfide) groups is 1. The molecule has 2 N–H and O–H groups in total. The summed E-state index contributed by atoms with van der Waals surface area (Å²) in [4.78, 5) is 1.38. The summed E-state index contributed by atoms with van der Waals surface area (Å²) in [5, 5.41) is 4.37. The third-order valence-corrected chi connectivity index (χ3v) is 4.03. The molecule has 0 saturated heterocycles. The van der Waals surface area contributed by atoms with Crippen molar-refractivity contribution in [1.82, 2.24) is 5.16 Å². The summed E-state index contributed by atoms with van der Waals surface area (Å²) in [6.07, 6.45) is 2.79. The van der Waals surface area contributed by atoms with Gasteiger partial charge in [-0.1, -0.05) is 18.1 Å². The maximum absolute atomic E-state index is 5.71. The molecule has 0 aliphatic carbocycles. The first kappa shape index (κ1) is 9.78. The zero-order chi connectivity index (χ0) is 11.1. The van der Waals surface area contributed by atoms with E-state index in [0.717, 1.165) is 17.5 Å². The first-order valence-electron chi connectivity index (χ1n) is 5.24. The molecule has 3 nitrogen and oxygen atoms in total. The fraction of sp³-hybridized carbons (Fsp3) is 0.250. The summed E-state index contributed by atoms with van der Waals surface area (Å²) in [5.41, 5.74) is 9.08. The molecule has 0 fully saturated rings. The summed E-state index contributed by atoms with van der Waals surface area (Å²) >= 11 is 1.93. The third-order valence-electron chi connectivity index (χ3n) is 2.81. The van der Waals surface area contributed by atoms with E-state index in [-0.39, 0.29) is 0 Å². The van der Waals surface area contributed by atoms with Gasteiger partial charge in [0, 0.05) is 10.1 Å². The van der Waals surface area contributed by atoms with Gasteiger partial charge < -0.3 is 10.3 Å². The number of benzene rings is 1. The number of anilines is 1. The second-order valence-electron chi connectivity index (χ2n) is 4.06. The summed E-state index contributed by atoms with van der Waals surface area (Å²) in [6, 6.07) is 6.42. The predicted octanol–water partition coefficient (Wildman–Crippen LogP) is 2.96. The molecule has 3 rings (SSSR count). The van der Waals surface area contributed by atoms with Crippen LogP contribution >= 0.6 is 11.8 Å². The lowest BCUT2D eigenvalue weighted by atomic mass is 10.0. The minimum Gasteiger partial charge on any atom is -0.367 e. The summed E-state index contributed by atoms with van der Waals surface area (Å²) < 4.78 is 4.88. The molecule has 0 amide bonds. The number of nitrogens with two attached hydrogens (primary N) is 1. The average Bonchev–Trinajstić information content (AvgIpc) is 2.81. The molecule has 2 aromatic rings. The molecule has 0 radical (unpaired) electrons. The van der Waals surface area contributed by atoms with Crippen LogP contribution in [-0.4, -0.2) is 10.4 Å². The zero-order valence-corrected chi connectivity index (χ0v) is 9.75. The number of fused-ring (bicyclic) bond motifs is 1. The van der Waals surface area contributed by atoms with Gasteiger partial charge in [-0.3, -0.25) is 0 Å². The fourth-order valence-electron chi connectivity index (χ4n) is 2.06. The lowest BCUT2D eigenvalue weighted by Crippen LogP contribution is -1.91. The van der Waals surface area contributed by atoms with Gasteiger partial charge >= 0.3 is 0 Å². The number of nitrogens with zero attached hydrogens (tertiary/aromatic N) is 1. The maximum atomic E-state index is 5.71. The molecule has 1 atom stereocenters. The van der Waals surface area contributed by atoms with Gasteiger partial charge in [-0.25, -0.2) is 0 Å². The highest BCUT2D eigenvalue weighted by Crippen LogP contribution is 2.39. The standard InChI is InChI=1S/C12H12N2OS/c1-7-4-9-5-8(2-3-11(9)16-7)10-6-14-15-12(10)13/h2-3,5-7H,4,13H2,1H3. The van der Waals surface area contributed by atoms with Gasteiger partial charge in [-0.2, -0.15) is 0 Å². The lowest BCUT2D eigenvalue weighted by Gasteiger charge is -2.01. The van der Waals surface area contributed by atoms with E-state index >= 15 is 0 Å².